The van der Waals surface area contributed by atoms with Crippen LogP contribution in [0.15, 0.2) is 24.3 Å². The van der Waals surface area contributed by atoms with Crippen LogP contribution in [0.3, 0.4) is 0 Å². The lowest BCUT2D eigenvalue weighted by Crippen LogP contribution is -2.42. The van der Waals surface area contributed by atoms with Gasteiger partial charge < -0.3 is 15.2 Å². The van der Waals surface area contributed by atoms with Crippen molar-refractivity contribution in [2.45, 2.75) is 25.8 Å². The van der Waals surface area contributed by atoms with E-state index in [0.717, 1.165) is 0 Å². The highest BCUT2D eigenvalue weighted by molar-refractivity contribution is 5.94. The van der Waals surface area contributed by atoms with E-state index in [-0.39, 0.29) is 18.8 Å². The van der Waals surface area contributed by atoms with E-state index in [1.165, 1.54) is 6.92 Å². The maximum absolute atomic E-state index is 12.3. The third-order valence-electron chi connectivity index (χ3n) is 2.85. The number of amides is 1. The second-order valence-electron chi connectivity index (χ2n) is 4.65. The van der Waals surface area contributed by atoms with Crippen molar-refractivity contribution in [1.82, 2.24) is 5.32 Å². The van der Waals surface area contributed by atoms with Gasteiger partial charge in [0.2, 0.25) is 5.91 Å². The maximum Gasteiger partial charge on any atom is 0.328 e. The Morgan fingerprint density at radius 2 is 2.09 bits per heavy atom. The summed E-state index contributed by atoms with van der Waals surface area (Å²) in [5.74, 6) is -1.52. The summed E-state index contributed by atoms with van der Waals surface area (Å²) in [7, 11) is 0. The van der Waals surface area contributed by atoms with E-state index in [9.17, 15) is 18.8 Å². The number of Topliss-reactive ketones (excluding diaryl/α,β-unsaturated/α-hetero) is 1. The number of halogens is 1. The van der Waals surface area contributed by atoms with Gasteiger partial charge in [0.15, 0.2) is 11.8 Å². The summed E-state index contributed by atoms with van der Waals surface area (Å²) in [4.78, 5) is 33.2. The summed E-state index contributed by atoms with van der Waals surface area (Å²) < 4.78 is 17.7. The lowest BCUT2D eigenvalue weighted by Gasteiger charge is -2.11. The first kappa shape index (κ1) is 17.6. The number of nitrogens with one attached hydrogen (secondary N) is 1. The second-order valence-corrected chi connectivity index (χ2v) is 4.65. The van der Waals surface area contributed by atoms with Crippen molar-refractivity contribution in [3.8, 4) is 5.75 Å². The Hall–Kier alpha value is -2.44. The Balaban J connectivity index is 2.33. The quantitative estimate of drug-likeness (QED) is 0.533. The minimum absolute atomic E-state index is 0.0240. The van der Waals surface area contributed by atoms with Crippen LogP contribution in [-0.4, -0.2) is 42.1 Å². The number of benzene rings is 1. The van der Waals surface area contributed by atoms with E-state index in [2.05, 4.69) is 5.32 Å². The molecule has 1 atom stereocenters. The maximum atomic E-state index is 12.3. The van der Waals surface area contributed by atoms with Crippen molar-refractivity contribution in [2.75, 3.05) is 13.3 Å². The fourth-order valence-electron chi connectivity index (χ4n) is 1.66. The van der Waals surface area contributed by atoms with Gasteiger partial charge in [0.1, 0.15) is 12.4 Å². The van der Waals surface area contributed by atoms with E-state index < -0.39 is 24.6 Å². The van der Waals surface area contributed by atoms with Crippen LogP contribution in [0.5, 0.6) is 5.75 Å². The van der Waals surface area contributed by atoms with Crippen molar-refractivity contribution < 1.29 is 28.6 Å². The molecule has 0 radical (unpaired) electrons. The molecular weight excluding hydrogens is 293 g/mol. The average molecular weight is 311 g/mol. The molecule has 0 aliphatic rings. The predicted molar refractivity (Wildman–Crippen MR) is 76.7 cm³/mol. The number of rotatable bonds is 9. The monoisotopic (exact) mass is 311 g/mol. The van der Waals surface area contributed by atoms with Gasteiger partial charge in [0.25, 0.3) is 0 Å². The molecule has 0 fully saturated rings. The number of aliphatic carboxylic acids is 1. The van der Waals surface area contributed by atoms with Crippen LogP contribution in [0.2, 0.25) is 0 Å². The number of ether oxygens (including phenoxy) is 1. The molecule has 22 heavy (non-hydrogen) atoms. The molecule has 0 aliphatic carbocycles. The average Bonchev–Trinajstić information content (AvgIpc) is 2.49. The Bertz CT molecular complexity index is 546. The van der Waals surface area contributed by atoms with Crippen molar-refractivity contribution >= 4 is 17.7 Å². The number of ketones is 1. The molecule has 0 bridgehead atoms. The molecule has 1 amide bonds. The summed E-state index contributed by atoms with van der Waals surface area (Å²) >= 11 is 0. The number of hydrogen-bond acceptors (Lipinski definition) is 4. The lowest BCUT2D eigenvalue weighted by atomic mass is 10.1. The molecule has 0 saturated heterocycles. The highest BCUT2D eigenvalue weighted by Gasteiger charge is 2.19. The highest BCUT2D eigenvalue weighted by atomic mass is 19.1. The Kier molecular flexibility index (Phi) is 7.01. The van der Waals surface area contributed by atoms with Crippen molar-refractivity contribution in [2.24, 2.45) is 0 Å². The Morgan fingerprint density at radius 1 is 1.36 bits per heavy atom. The molecule has 120 valence electrons. The topological polar surface area (TPSA) is 92.7 Å². The van der Waals surface area contributed by atoms with E-state index in [1.54, 1.807) is 24.3 Å². The molecule has 1 rings (SSSR count). The minimum atomic E-state index is -1.51. The zero-order valence-electron chi connectivity index (χ0n) is 12.2. The van der Waals surface area contributed by atoms with Crippen molar-refractivity contribution in [3.05, 3.63) is 29.8 Å². The van der Waals surface area contributed by atoms with Crippen LogP contribution in [-0.2, 0) is 9.59 Å². The second kappa shape index (κ2) is 8.76. The number of hydrogen-bond donors (Lipinski definition) is 2. The summed E-state index contributed by atoms with van der Waals surface area (Å²) in [6, 6.07) is 5.14. The first-order chi connectivity index (χ1) is 10.4. The normalized spacial score (nSPS) is 11.5. The Morgan fingerprint density at radius 3 is 2.68 bits per heavy atom. The van der Waals surface area contributed by atoms with Gasteiger partial charge in [-0.15, -0.1) is 0 Å². The van der Waals surface area contributed by atoms with Gasteiger partial charge in [0, 0.05) is 12.0 Å². The zero-order valence-corrected chi connectivity index (χ0v) is 12.2. The van der Waals surface area contributed by atoms with E-state index in [0.29, 0.717) is 17.7 Å². The van der Waals surface area contributed by atoms with Crippen LogP contribution in [0.4, 0.5) is 4.39 Å². The third kappa shape index (κ3) is 5.90. The van der Waals surface area contributed by atoms with E-state index >= 15 is 0 Å². The smallest absolute Gasteiger partial charge is 0.328 e. The first-order valence-corrected chi connectivity index (χ1v) is 6.76. The molecule has 6 nitrogen and oxygen atoms in total. The molecule has 0 saturated carbocycles. The molecule has 1 aromatic rings. The number of carbonyl (C=O) groups is 3. The Labute approximate surface area is 127 Å². The van der Waals surface area contributed by atoms with Crippen molar-refractivity contribution in [3.63, 3.8) is 0 Å². The molecule has 0 heterocycles. The molecule has 2 N–H and O–H groups in total. The highest BCUT2D eigenvalue weighted by Crippen LogP contribution is 2.14. The van der Waals surface area contributed by atoms with E-state index in [1.807, 2.05) is 0 Å². The number of carboxylic acids is 1. The molecule has 0 aromatic heterocycles. The van der Waals surface area contributed by atoms with Crippen LogP contribution in [0.25, 0.3) is 0 Å². The van der Waals surface area contributed by atoms with Gasteiger partial charge in [-0.1, -0.05) is 12.1 Å². The predicted octanol–water partition coefficient (Wildman–Crippen LogP) is 1.59. The fourth-order valence-corrected chi connectivity index (χ4v) is 1.66. The number of alkyl halides is 1. The molecule has 7 heteroatoms. The van der Waals surface area contributed by atoms with E-state index in [4.69, 9.17) is 9.84 Å². The summed E-state index contributed by atoms with van der Waals surface area (Å²) in [6.07, 6.45) is 0.366. The zero-order chi connectivity index (χ0) is 16.5. The molecule has 0 spiro atoms. The van der Waals surface area contributed by atoms with Crippen LogP contribution in [0, 0.1) is 0 Å². The number of carbonyl (C=O) groups excluding carboxylic acids is 2. The van der Waals surface area contributed by atoms with Crippen LogP contribution in [0.1, 0.15) is 30.1 Å². The lowest BCUT2D eigenvalue weighted by molar-refractivity contribution is -0.142. The van der Waals surface area contributed by atoms with Gasteiger partial charge in [-0.3, -0.25) is 9.59 Å². The minimum Gasteiger partial charge on any atom is -0.494 e. The third-order valence-corrected chi connectivity index (χ3v) is 2.85. The van der Waals surface area contributed by atoms with Gasteiger partial charge in [-0.05, 0) is 25.5 Å². The molecule has 1 aromatic carbocycles. The SMILES string of the molecule is CC(=O)c1cccc(OCCCC(=O)NC(CF)C(=O)O)c1. The van der Waals surface area contributed by atoms with Crippen LogP contribution >= 0.6 is 0 Å². The largest absolute Gasteiger partial charge is 0.494 e. The standard InChI is InChI=1S/C15H18FNO5/c1-10(18)11-4-2-5-12(8-11)22-7-3-6-14(19)17-13(9-16)15(20)21/h2,4-5,8,13H,3,6-7,9H2,1H3,(H,17,19)(H,20,21). The van der Waals surface area contributed by atoms with Gasteiger partial charge >= 0.3 is 5.97 Å². The van der Waals surface area contributed by atoms with Gasteiger partial charge in [-0.25, -0.2) is 9.18 Å². The summed E-state index contributed by atoms with van der Waals surface area (Å²) in [6.45, 7) is 0.519. The first-order valence-electron chi connectivity index (χ1n) is 6.76. The summed E-state index contributed by atoms with van der Waals surface area (Å²) in [5.41, 5.74) is 0.530. The van der Waals surface area contributed by atoms with Gasteiger partial charge in [0.05, 0.1) is 6.61 Å². The molecule has 0 aliphatic heterocycles. The van der Waals surface area contributed by atoms with Gasteiger partial charge in [-0.2, -0.15) is 0 Å². The molecular formula is C15H18FNO5. The van der Waals surface area contributed by atoms with Crippen molar-refractivity contribution in [1.29, 1.82) is 0 Å². The molecule has 1 unspecified atom stereocenters. The fraction of sp³-hybridized carbons (Fsp3) is 0.400. The summed E-state index contributed by atoms with van der Waals surface area (Å²) in [5, 5.41) is 10.7. The van der Waals surface area contributed by atoms with Crippen LogP contribution < -0.4 is 10.1 Å². The number of carboxylic acid groups (broad SMARTS) is 1.